The van der Waals surface area contributed by atoms with Crippen molar-refractivity contribution in [2.24, 2.45) is 0 Å². The SMILES string of the molecule is CSc1cc2nc(C(C)(C)C)sc2cc1NC(=S)SC[C@H](NC(C)=O)C(=O)O. The van der Waals surface area contributed by atoms with E-state index in [-0.39, 0.29) is 17.1 Å². The fraction of sp³-hybridized carbons (Fsp3) is 0.444. The number of thioether (sulfide) groups is 2. The van der Waals surface area contributed by atoms with Gasteiger partial charge in [0.2, 0.25) is 5.91 Å². The number of carboxylic acids is 1. The molecule has 0 spiro atoms. The van der Waals surface area contributed by atoms with E-state index in [1.165, 1.54) is 18.7 Å². The maximum Gasteiger partial charge on any atom is 0.327 e. The minimum Gasteiger partial charge on any atom is -0.480 e. The molecule has 2 rings (SSSR count). The number of thiocarbonyl (C=S) groups is 1. The molecule has 1 aromatic carbocycles. The third kappa shape index (κ3) is 6.07. The predicted octanol–water partition coefficient (Wildman–Crippen LogP) is 4.34. The Bertz CT molecular complexity index is 905. The Hall–Kier alpha value is -1.36. The highest BCUT2D eigenvalue weighted by Crippen LogP contribution is 2.37. The van der Waals surface area contributed by atoms with Crippen molar-refractivity contribution in [1.82, 2.24) is 10.3 Å². The van der Waals surface area contributed by atoms with Gasteiger partial charge >= 0.3 is 5.97 Å². The molecule has 0 bridgehead atoms. The number of fused-ring (bicyclic) bond motifs is 1. The van der Waals surface area contributed by atoms with Crippen LogP contribution in [0.2, 0.25) is 0 Å². The lowest BCUT2D eigenvalue weighted by Crippen LogP contribution is -2.41. The van der Waals surface area contributed by atoms with E-state index in [1.807, 2.05) is 18.4 Å². The van der Waals surface area contributed by atoms with Crippen molar-refractivity contribution in [2.75, 3.05) is 17.3 Å². The van der Waals surface area contributed by atoms with Gasteiger partial charge in [0.1, 0.15) is 10.4 Å². The monoisotopic (exact) mass is 457 g/mol. The number of aliphatic carboxylic acids is 1. The number of amides is 1. The molecule has 0 aliphatic carbocycles. The first-order chi connectivity index (χ1) is 13.0. The third-order valence-electron chi connectivity index (χ3n) is 3.64. The largest absolute Gasteiger partial charge is 0.480 e. The smallest absolute Gasteiger partial charge is 0.327 e. The summed E-state index contributed by atoms with van der Waals surface area (Å²) in [4.78, 5) is 28.1. The van der Waals surface area contributed by atoms with E-state index < -0.39 is 12.0 Å². The molecule has 3 N–H and O–H groups in total. The Labute approximate surface area is 182 Å². The molecule has 0 saturated carbocycles. The number of aromatic nitrogens is 1. The average molecular weight is 458 g/mol. The summed E-state index contributed by atoms with van der Waals surface area (Å²) in [5.74, 6) is -1.33. The second kappa shape index (κ2) is 9.43. The van der Waals surface area contributed by atoms with Gasteiger partial charge in [0, 0.05) is 23.0 Å². The summed E-state index contributed by atoms with van der Waals surface area (Å²) in [6.45, 7) is 7.70. The van der Waals surface area contributed by atoms with Crippen molar-refractivity contribution in [2.45, 2.75) is 44.0 Å². The Morgan fingerprint density at radius 2 is 2.04 bits per heavy atom. The predicted molar refractivity (Wildman–Crippen MR) is 124 cm³/mol. The van der Waals surface area contributed by atoms with Crippen LogP contribution in [0.3, 0.4) is 0 Å². The molecule has 1 amide bonds. The number of carboxylic acid groups (broad SMARTS) is 1. The van der Waals surface area contributed by atoms with Crippen LogP contribution in [0, 0.1) is 0 Å². The second-order valence-corrected chi connectivity index (χ2v) is 10.7. The van der Waals surface area contributed by atoms with Crippen LogP contribution in [0.25, 0.3) is 10.2 Å². The summed E-state index contributed by atoms with van der Waals surface area (Å²) >= 11 is 9.81. The van der Waals surface area contributed by atoms with Crippen LogP contribution in [-0.4, -0.2) is 44.3 Å². The van der Waals surface area contributed by atoms with Crippen molar-refractivity contribution < 1.29 is 14.7 Å². The lowest BCUT2D eigenvalue weighted by atomic mass is 9.98. The molecule has 28 heavy (non-hydrogen) atoms. The standard InChI is InChI=1S/C18H23N3O3S4/c1-9(22)19-12(15(23)24)8-27-17(25)21-10-7-14-11(6-13(10)26-5)20-16(28-14)18(2,3)4/h6-7,12H,8H2,1-5H3,(H,19,22)(H,21,25)(H,23,24)/t12-/m0/s1. The van der Waals surface area contributed by atoms with E-state index in [1.54, 1.807) is 23.1 Å². The number of benzene rings is 1. The van der Waals surface area contributed by atoms with Gasteiger partial charge in [-0.25, -0.2) is 9.78 Å². The van der Waals surface area contributed by atoms with Crippen LogP contribution in [-0.2, 0) is 15.0 Å². The quantitative estimate of drug-likeness (QED) is 0.436. The first kappa shape index (κ1) is 22.9. The van der Waals surface area contributed by atoms with E-state index in [2.05, 4.69) is 31.4 Å². The number of anilines is 1. The van der Waals surface area contributed by atoms with Gasteiger partial charge in [-0.3, -0.25) is 4.79 Å². The van der Waals surface area contributed by atoms with Crippen molar-refractivity contribution in [3.63, 3.8) is 0 Å². The van der Waals surface area contributed by atoms with Crippen LogP contribution in [0.15, 0.2) is 17.0 Å². The number of thiazole rings is 1. The van der Waals surface area contributed by atoms with Gasteiger partial charge < -0.3 is 15.7 Å². The number of nitrogens with one attached hydrogen (secondary N) is 2. The number of nitrogens with zero attached hydrogens (tertiary/aromatic N) is 1. The van der Waals surface area contributed by atoms with Crippen molar-refractivity contribution in [3.05, 3.63) is 17.1 Å². The molecule has 0 saturated heterocycles. The zero-order valence-corrected chi connectivity index (χ0v) is 19.5. The van der Waals surface area contributed by atoms with Crippen LogP contribution < -0.4 is 10.6 Å². The van der Waals surface area contributed by atoms with Gasteiger partial charge in [-0.2, -0.15) is 0 Å². The lowest BCUT2D eigenvalue weighted by molar-refractivity contribution is -0.140. The molecule has 0 radical (unpaired) electrons. The number of hydrogen-bond donors (Lipinski definition) is 3. The maximum absolute atomic E-state index is 11.2. The van der Waals surface area contributed by atoms with Crippen molar-refractivity contribution >= 4 is 79.2 Å². The molecule has 1 heterocycles. The highest BCUT2D eigenvalue weighted by atomic mass is 32.2. The molecule has 1 atom stereocenters. The molecule has 6 nitrogen and oxygen atoms in total. The molecule has 2 aromatic rings. The summed E-state index contributed by atoms with van der Waals surface area (Å²) in [5, 5.41) is 15.9. The zero-order chi connectivity index (χ0) is 21.1. The maximum atomic E-state index is 11.2. The molecule has 0 unspecified atom stereocenters. The van der Waals surface area contributed by atoms with Crippen molar-refractivity contribution in [3.8, 4) is 0 Å². The van der Waals surface area contributed by atoms with Crippen molar-refractivity contribution in [1.29, 1.82) is 0 Å². The van der Waals surface area contributed by atoms with E-state index in [0.29, 0.717) is 4.32 Å². The Morgan fingerprint density at radius 3 is 2.57 bits per heavy atom. The molecular formula is C18H23N3O3S4. The normalized spacial score (nSPS) is 12.6. The molecule has 0 aliphatic heterocycles. The van der Waals surface area contributed by atoms with Crippen LogP contribution in [0.5, 0.6) is 0 Å². The molecule has 0 fully saturated rings. The first-order valence-electron chi connectivity index (χ1n) is 8.44. The van der Waals surface area contributed by atoms with E-state index in [4.69, 9.17) is 17.2 Å². The molecule has 10 heteroatoms. The fourth-order valence-electron chi connectivity index (χ4n) is 2.27. The first-order valence-corrected chi connectivity index (χ1v) is 11.9. The van der Waals surface area contributed by atoms with Gasteiger partial charge in [0.05, 0.1) is 20.9 Å². The van der Waals surface area contributed by atoms with Crippen LogP contribution in [0.1, 0.15) is 32.7 Å². The Kier molecular flexibility index (Phi) is 7.72. The number of rotatable bonds is 6. The van der Waals surface area contributed by atoms with Gasteiger partial charge in [-0.15, -0.1) is 23.1 Å². The molecule has 152 valence electrons. The van der Waals surface area contributed by atoms with E-state index in [0.717, 1.165) is 25.8 Å². The summed E-state index contributed by atoms with van der Waals surface area (Å²) in [7, 11) is 0. The summed E-state index contributed by atoms with van der Waals surface area (Å²) < 4.78 is 1.52. The minimum atomic E-state index is -1.09. The zero-order valence-electron chi connectivity index (χ0n) is 16.3. The number of hydrogen-bond acceptors (Lipinski definition) is 7. The Balaban J connectivity index is 2.16. The minimum absolute atomic E-state index is 0.0164. The molecule has 0 aliphatic rings. The average Bonchev–Trinajstić information content (AvgIpc) is 3.00. The summed E-state index contributed by atoms with van der Waals surface area (Å²) in [6, 6.07) is 3.09. The third-order valence-corrected chi connectivity index (χ3v) is 7.19. The highest BCUT2D eigenvalue weighted by Gasteiger charge is 2.21. The van der Waals surface area contributed by atoms with Gasteiger partial charge in [0.25, 0.3) is 0 Å². The highest BCUT2D eigenvalue weighted by molar-refractivity contribution is 8.23. The second-order valence-electron chi connectivity index (χ2n) is 7.10. The van der Waals surface area contributed by atoms with Crippen LogP contribution >= 0.6 is 47.1 Å². The van der Waals surface area contributed by atoms with Gasteiger partial charge in [-0.05, 0) is 18.4 Å². The van der Waals surface area contributed by atoms with E-state index in [9.17, 15) is 14.7 Å². The lowest BCUT2D eigenvalue weighted by Gasteiger charge is -2.15. The summed E-state index contributed by atoms with van der Waals surface area (Å²) in [5.41, 5.74) is 1.81. The molecular weight excluding hydrogens is 434 g/mol. The van der Waals surface area contributed by atoms with E-state index >= 15 is 0 Å². The topological polar surface area (TPSA) is 91.3 Å². The molecule has 1 aromatic heterocycles. The number of carbonyl (C=O) groups excluding carboxylic acids is 1. The van der Waals surface area contributed by atoms with Gasteiger partial charge in [-0.1, -0.05) is 44.8 Å². The fourth-order valence-corrected chi connectivity index (χ4v) is 4.91. The number of carbonyl (C=O) groups is 2. The van der Waals surface area contributed by atoms with Crippen LogP contribution in [0.4, 0.5) is 5.69 Å². The van der Waals surface area contributed by atoms with Gasteiger partial charge in [0.15, 0.2) is 0 Å². The summed E-state index contributed by atoms with van der Waals surface area (Å²) in [6.07, 6.45) is 1.98. The Morgan fingerprint density at radius 1 is 1.36 bits per heavy atom.